The smallest absolute Gasteiger partial charge is 0.307 e. The molecule has 3 heteroatoms. The molecule has 2 N–H and O–H groups in total. The molecular weight excluding hydrogens is 178 g/mol. The van der Waals surface area contributed by atoms with E-state index in [1.165, 1.54) is 5.56 Å². The second kappa shape index (κ2) is 5.40. The van der Waals surface area contributed by atoms with E-state index >= 15 is 0 Å². The minimum atomic E-state index is -0.759. The highest BCUT2D eigenvalue weighted by atomic mass is 16.4. The second-order valence-corrected chi connectivity index (χ2v) is 3.36. The normalized spacial score (nSPS) is 12.4. The van der Waals surface area contributed by atoms with E-state index in [2.05, 4.69) is 5.32 Å². The first kappa shape index (κ1) is 10.7. The van der Waals surface area contributed by atoms with Gasteiger partial charge < -0.3 is 10.4 Å². The van der Waals surface area contributed by atoms with Crippen molar-refractivity contribution < 1.29 is 9.90 Å². The van der Waals surface area contributed by atoms with Gasteiger partial charge in [-0.1, -0.05) is 37.3 Å². The number of hydrogen-bond acceptors (Lipinski definition) is 2. The summed E-state index contributed by atoms with van der Waals surface area (Å²) in [6.45, 7) is 2.92. The van der Waals surface area contributed by atoms with Gasteiger partial charge in [-0.15, -0.1) is 0 Å². The van der Waals surface area contributed by atoms with E-state index in [0.29, 0.717) is 6.54 Å². The number of carboxylic acids is 1. The van der Waals surface area contributed by atoms with Gasteiger partial charge in [0.25, 0.3) is 0 Å². The van der Waals surface area contributed by atoms with Crippen molar-refractivity contribution in [1.82, 2.24) is 5.32 Å². The number of carbonyl (C=O) groups is 1. The molecule has 76 valence electrons. The van der Waals surface area contributed by atoms with Crippen LogP contribution in [0.2, 0.25) is 0 Å². The van der Waals surface area contributed by atoms with Gasteiger partial charge in [0.2, 0.25) is 0 Å². The molecule has 0 bridgehead atoms. The summed E-state index contributed by atoms with van der Waals surface area (Å²) in [6, 6.07) is 9.93. The summed E-state index contributed by atoms with van der Waals surface area (Å²) in [5, 5.41) is 11.7. The Bertz CT molecular complexity index is 285. The van der Waals surface area contributed by atoms with Gasteiger partial charge in [0.1, 0.15) is 0 Å². The van der Waals surface area contributed by atoms with Crippen LogP contribution in [0.5, 0.6) is 0 Å². The van der Waals surface area contributed by atoms with Crippen molar-refractivity contribution in [2.45, 2.75) is 13.5 Å². The van der Waals surface area contributed by atoms with Crippen molar-refractivity contribution in [3.05, 3.63) is 35.9 Å². The van der Waals surface area contributed by atoms with E-state index < -0.39 is 5.97 Å². The fourth-order valence-corrected chi connectivity index (χ4v) is 1.12. The zero-order valence-electron chi connectivity index (χ0n) is 8.23. The molecule has 0 saturated carbocycles. The lowest BCUT2D eigenvalue weighted by Crippen LogP contribution is -2.25. The summed E-state index contributed by atoms with van der Waals surface area (Å²) >= 11 is 0. The topological polar surface area (TPSA) is 49.3 Å². The lowest BCUT2D eigenvalue weighted by Gasteiger charge is -2.07. The average molecular weight is 193 g/mol. The van der Waals surface area contributed by atoms with E-state index in [1.54, 1.807) is 6.92 Å². The molecule has 0 aromatic heterocycles. The predicted molar refractivity (Wildman–Crippen MR) is 54.9 cm³/mol. The van der Waals surface area contributed by atoms with Crippen LogP contribution in [0.3, 0.4) is 0 Å². The Morgan fingerprint density at radius 3 is 2.64 bits per heavy atom. The minimum Gasteiger partial charge on any atom is -0.481 e. The Balaban J connectivity index is 2.26. The molecule has 1 unspecified atom stereocenters. The largest absolute Gasteiger partial charge is 0.481 e. The Kier molecular flexibility index (Phi) is 4.13. The van der Waals surface area contributed by atoms with Gasteiger partial charge in [0.05, 0.1) is 5.92 Å². The van der Waals surface area contributed by atoms with Crippen molar-refractivity contribution in [3.63, 3.8) is 0 Å². The SMILES string of the molecule is CC(CNCc1ccccc1)C(=O)O. The molecule has 0 saturated heterocycles. The summed E-state index contributed by atoms with van der Waals surface area (Å²) in [4.78, 5) is 10.5. The summed E-state index contributed by atoms with van der Waals surface area (Å²) in [6.07, 6.45) is 0. The molecular formula is C11H15NO2. The van der Waals surface area contributed by atoms with Crippen molar-refractivity contribution in [1.29, 1.82) is 0 Å². The summed E-state index contributed by atoms with van der Waals surface area (Å²) in [7, 11) is 0. The van der Waals surface area contributed by atoms with Gasteiger partial charge in [0, 0.05) is 13.1 Å². The first-order chi connectivity index (χ1) is 6.70. The zero-order valence-corrected chi connectivity index (χ0v) is 8.23. The highest BCUT2D eigenvalue weighted by molar-refractivity contribution is 5.69. The maximum absolute atomic E-state index is 10.5. The molecule has 1 rings (SSSR count). The maximum atomic E-state index is 10.5. The monoisotopic (exact) mass is 193 g/mol. The first-order valence-electron chi connectivity index (χ1n) is 4.67. The van der Waals surface area contributed by atoms with Crippen molar-refractivity contribution in [2.75, 3.05) is 6.54 Å². The number of hydrogen-bond donors (Lipinski definition) is 2. The highest BCUT2D eigenvalue weighted by Gasteiger charge is 2.08. The molecule has 0 fully saturated rings. The van der Waals surface area contributed by atoms with Crippen LogP contribution in [0.4, 0.5) is 0 Å². The van der Waals surface area contributed by atoms with Crippen molar-refractivity contribution in [3.8, 4) is 0 Å². The first-order valence-corrected chi connectivity index (χ1v) is 4.67. The van der Waals surface area contributed by atoms with Crippen LogP contribution in [-0.2, 0) is 11.3 Å². The molecule has 1 aromatic rings. The molecule has 0 aliphatic rings. The van der Waals surface area contributed by atoms with E-state index in [-0.39, 0.29) is 5.92 Å². The summed E-state index contributed by atoms with van der Waals surface area (Å²) < 4.78 is 0. The van der Waals surface area contributed by atoms with Gasteiger partial charge in [-0.2, -0.15) is 0 Å². The Morgan fingerprint density at radius 2 is 2.07 bits per heavy atom. The van der Waals surface area contributed by atoms with Gasteiger partial charge >= 0.3 is 5.97 Å². The van der Waals surface area contributed by atoms with Gasteiger partial charge in [-0.05, 0) is 5.56 Å². The third-order valence-corrected chi connectivity index (χ3v) is 2.04. The number of carboxylic acid groups (broad SMARTS) is 1. The summed E-state index contributed by atoms with van der Waals surface area (Å²) in [5.74, 6) is -1.09. The molecule has 0 radical (unpaired) electrons. The van der Waals surface area contributed by atoms with Crippen LogP contribution < -0.4 is 5.32 Å². The average Bonchev–Trinajstić information content (AvgIpc) is 2.19. The predicted octanol–water partition coefficient (Wildman–Crippen LogP) is 1.50. The second-order valence-electron chi connectivity index (χ2n) is 3.36. The van der Waals surface area contributed by atoms with Gasteiger partial charge in [-0.3, -0.25) is 4.79 Å². The van der Waals surface area contributed by atoms with Gasteiger partial charge in [0.15, 0.2) is 0 Å². The maximum Gasteiger partial charge on any atom is 0.307 e. The van der Waals surface area contributed by atoms with Crippen LogP contribution >= 0.6 is 0 Å². The number of nitrogens with one attached hydrogen (secondary N) is 1. The fraction of sp³-hybridized carbons (Fsp3) is 0.364. The van der Waals surface area contributed by atoms with Crippen molar-refractivity contribution in [2.24, 2.45) is 5.92 Å². The quantitative estimate of drug-likeness (QED) is 0.745. The number of rotatable bonds is 5. The number of aliphatic carboxylic acids is 1. The third kappa shape index (κ3) is 3.58. The van der Waals surface area contributed by atoms with E-state index in [9.17, 15) is 4.79 Å². The molecule has 0 amide bonds. The minimum absolute atomic E-state index is 0.335. The standard InChI is InChI=1S/C11H15NO2/c1-9(11(13)14)7-12-8-10-5-3-2-4-6-10/h2-6,9,12H,7-8H2,1H3,(H,13,14). The van der Waals surface area contributed by atoms with E-state index in [1.807, 2.05) is 30.3 Å². The Morgan fingerprint density at radius 1 is 1.43 bits per heavy atom. The zero-order chi connectivity index (χ0) is 10.4. The Hall–Kier alpha value is -1.35. The summed E-state index contributed by atoms with van der Waals surface area (Å²) in [5.41, 5.74) is 1.17. The van der Waals surface area contributed by atoms with Crippen LogP contribution in [0.15, 0.2) is 30.3 Å². The molecule has 1 atom stereocenters. The molecule has 3 nitrogen and oxygen atoms in total. The van der Waals surface area contributed by atoms with Crippen LogP contribution in [0, 0.1) is 5.92 Å². The van der Waals surface area contributed by atoms with E-state index in [4.69, 9.17) is 5.11 Å². The number of benzene rings is 1. The van der Waals surface area contributed by atoms with Crippen LogP contribution in [-0.4, -0.2) is 17.6 Å². The molecule has 14 heavy (non-hydrogen) atoms. The fourth-order valence-electron chi connectivity index (χ4n) is 1.12. The molecule has 0 aliphatic carbocycles. The lowest BCUT2D eigenvalue weighted by atomic mass is 10.2. The van der Waals surface area contributed by atoms with E-state index in [0.717, 1.165) is 6.54 Å². The molecule has 1 aromatic carbocycles. The van der Waals surface area contributed by atoms with Crippen molar-refractivity contribution >= 4 is 5.97 Å². The Labute approximate surface area is 83.8 Å². The highest BCUT2D eigenvalue weighted by Crippen LogP contribution is 1.98. The third-order valence-electron chi connectivity index (χ3n) is 2.04. The molecule has 0 heterocycles. The lowest BCUT2D eigenvalue weighted by molar-refractivity contribution is -0.140. The molecule has 0 spiro atoms. The van der Waals surface area contributed by atoms with Crippen LogP contribution in [0.25, 0.3) is 0 Å². The molecule has 0 aliphatic heterocycles. The van der Waals surface area contributed by atoms with Gasteiger partial charge in [-0.25, -0.2) is 0 Å². The van der Waals surface area contributed by atoms with Crippen LogP contribution in [0.1, 0.15) is 12.5 Å².